The van der Waals surface area contributed by atoms with Gasteiger partial charge >= 0.3 is 0 Å². The Hall–Kier alpha value is -4.98. The third kappa shape index (κ3) is 4.97. The Balaban J connectivity index is 1.79. The van der Waals surface area contributed by atoms with E-state index >= 15 is 0 Å². The number of rotatable bonds is 9. The average molecular weight is 540 g/mol. The highest BCUT2D eigenvalue weighted by atomic mass is 32.2. The molecule has 4 rings (SSSR count). The smallest absolute Gasteiger partial charge is 0.289 e. The van der Waals surface area contributed by atoms with Gasteiger partial charge in [-0.1, -0.05) is 30.3 Å². The number of nitrogens with one attached hydrogen (secondary N) is 1. The van der Waals surface area contributed by atoms with Crippen molar-refractivity contribution in [1.82, 2.24) is 4.98 Å². The molecule has 2 N–H and O–H groups in total. The maximum atomic E-state index is 13.7. The molecule has 0 radical (unpaired) electrons. The number of amides is 1. The van der Waals surface area contributed by atoms with Crippen LogP contribution in [0.4, 0.5) is 17.1 Å². The highest BCUT2D eigenvalue weighted by Gasteiger charge is 2.34. The van der Waals surface area contributed by atoms with Gasteiger partial charge in [0, 0.05) is 17.5 Å². The number of nitro groups is 1. The van der Waals surface area contributed by atoms with Gasteiger partial charge in [0.25, 0.3) is 21.6 Å². The van der Waals surface area contributed by atoms with Gasteiger partial charge in [0.1, 0.15) is 18.0 Å². The lowest BCUT2D eigenvalue weighted by molar-refractivity contribution is -0.387. The number of H-pyrrole nitrogens is 1. The molecule has 1 heterocycles. The fraction of sp³-hybridized carbons (Fsp3) is 0.125. The first-order chi connectivity index (χ1) is 18.2. The number of carbonyl (C=O) groups is 1. The Morgan fingerprint density at radius 1 is 1.08 bits per heavy atom. The normalized spacial score (nSPS) is 11.5. The highest BCUT2D eigenvalue weighted by molar-refractivity contribution is 7.93. The van der Waals surface area contributed by atoms with E-state index in [9.17, 15) is 28.4 Å². The topological polar surface area (TPSA) is 177 Å². The van der Waals surface area contributed by atoms with E-state index in [-0.39, 0.29) is 23.0 Å². The molecule has 13 nitrogen and oxygen atoms in total. The summed E-state index contributed by atoms with van der Waals surface area (Å²) in [5, 5.41) is 29.7. The number of ether oxygens (including phenoxy) is 2. The number of nitrogens with zero attached hydrogens (tertiary/aromatic N) is 4. The second-order valence-electron chi connectivity index (χ2n) is 7.74. The van der Waals surface area contributed by atoms with Crippen molar-refractivity contribution in [3.63, 3.8) is 0 Å². The number of fused-ring (bicyclic) bond motifs is 1. The maximum absolute atomic E-state index is 13.7. The highest BCUT2D eigenvalue weighted by Crippen LogP contribution is 2.38. The van der Waals surface area contributed by atoms with E-state index in [1.54, 1.807) is 24.3 Å². The number of aromatic amines is 1. The molecule has 0 unspecified atom stereocenters. The lowest BCUT2D eigenvalue weighted by atomic mass is 10.2. The number of nitro benzene ring substituents is 1. The number of hydrogen-bond acceptors (Lipinski definition) is 9. The molecule has 38 heavy (non-hydrogen) atoms. The summed E-state index contributed by atoms with van der Waals surface area (Å²) >= 11 is 0. The Kier molecular flexibility index (Phi) is 7.25. The summed E-state index contributed by atoms with van der Waals surface area (Å²) in [4.78, 5) is 25.7. The molecule has 14 heteroatoms. The van der Waals surface area contributed by atoms with Gasteiger partial charge in [-0.05, 0) is 24.3 Å². The molecule has 0 saturated carbocycles. The van der Waals surface area contributed by atoms with Crippen molar-refractivity contribution in [3.8, 4) is 17.4 Å². The van der Waals surface area contributed by atoms with Crippen LogP contribution in [0.3, 0.4) is 0 Å². The van der Waals surface area contributed by atoms with Crippen LogP contribution in [0.25, 0.3) is 10.9 Å². The number of sulfonamides is 1. The van der Waals surface area contributed by atoms with Crippen LogP contribution in [-0.4, -0.2) is 50.1 Å². The third-order valence-corrected chi connectivity index (χ3v) is 7.29. The number of methoxy groups -OCH3 is 2. The number of para-hydroxylation sites is 2. The molecule has 196 valence electrons. The summed E-state index contributed by atoms with van der Waals surface area (Å²) in [6.45, 7) is -0.885. The lowest BCUT2D eigenvalue weighted by Gasteiger charge is -2.24. The number of hydrogen-bond donors (Lipinski definition) is 2. The molecule has 4 aromatic rings. The van der Waals surface area contributed by atoms with Crippen LogP contribution < -0.4 is 13.8 Å². The third-order valence-electron chi connectivity index (χ3n) is 5.49. The second kappa shape index (κ2) is 10.6. The van der Waals surface area contributed by atoms with Crippen LogP contribution in [0.2, 0.25) is 0 Å². The summed E-state index contributed by atoms with van der Waals surface area (Å²) in [6, 6.07) is 15.7. The van der Waals surface area contributed by atoms with Gasteiger partial charge in [-0.2, -0.15) is 0 Å². The van der Waals surface area contributed by atoms with Crippen LogP contribution in [0.5, 0.6) is 17.4 Å². The average Bonchev–Trinajstić information content (AvgIpc) is 3.24. The second-order valence-corrected chi connectivity index (χ2v) is 9.57. The van der Waals surface area contributed by atoms with Crippen LogP contribution >= 0.6 is 0 Å². The predicted molar refractivity (Wildman–Crippen MR) is 137 cm³/mol. The van der Waals surface area contributed by atoms with Crippen LogP contribution in [-0.2, 0) is 14.8 Å². The molecule has 0 aliphatic rings. The summed E-state index contributed by atoms with van der Waals surface area (Å²) in [6.07, 6.45) is 0. The fourth-order valence-electron chi connectivity index (χ4n) is 3.71. The van der Waals surface area contributed by atoms with Crippen molar-refractivity contribution in [3.05, 3.63) is 76.8 Å². The molecule has 0 saturated heterocycles. The summed E-state index contributed by atoms with van der Waals surface area (Å²) in [5.41, 5.74) is -0.230. The van der Waals surface area contributed by atoms with Crippen molar-refractivity contribution in [2.24, 2.45) is 10.2 Å². The number of benzene rings is 3. The first kappa shape index (κ1) is 26.1. The Morgan fingerprint density at radius 3 is 2.50 bits per heavy atom. The van der Waals surface area contributed by atoms with Crippen LogP contribution in [0, 0.1) is 10.1 Å². The zero-order valence-electron chi connectivity index (χ0n) is 20.1. The predicted octanol–water partition coefficient (Wildman–Crippen LogP) is 4.30. The van der Waals surface area contributed by atoms with Crippen molar-refractivity contribution < 1.29 is 32.7 Å². The molecule has 1 aromatic heterocycles. The fourth-order valence-corrected chi connectivity index (χ4v) is 5.29. The summed E-state index contributed by atoms with van der Waals surface area (Å²) < 4.78 is 38.6. The van der Waals surface area contributed by atoms with E-state index in [2.05, 4.69) is 15.2 Å². The van der Waals surface area contributed by atoms with E-state index < -0.39 is 38.0 Å². The number of anilines is 1. The van der Waals surface area contributed by atoms with E-state index in [4.69, 9.17) is 9.47 Å². The SMILES string of the molecule is COc1ccc(N(CC(=O)N=Nc2c(O)[nH]c3ccccc23)S(=O)(=O)c2ccccc2[N+](=O)[O-])c(OC)c1. The molecule has 0 fully saturated rings. The largest absolute Gasteiger partial charge is 0.497 e. The van der Waals surface area contributed by atoms with Gasteiger partial charge in [0.05, 0.1) is 30.3 Å². The molecule has 1 amide bonds. The first-order valence-corrected chi connectivity index (χ1v) is 12.3. The molecular formula is C24H21N5O8S. The van der Waals surface area contributed by atoms with Crippen molar-refractivity contribution in [2.75, 3.05) is 25.1 Å². The summed E-state index contributed by atoms with van der Waals surface area (Å²) in [5.74, 6) is -0.987. The molecule has 3 aromatic carbocycles. The van der Waals surface area contributed by atoms with Gasteiger partial charge < -0.3 is 19.6 Å². The molecule has 0 aliphatic heterocycles. The number of azo groups is 1. The van der Waals surface area contributed by atoms with E-state index in [1.807, 2.05) is 0 Å². The minimum absolute atomic E-state index is 0.0101. The molecular weight excluding hydrogens is 518 g/mol. The van der Waals surface area contributed by atoms with Gasteiger partial charge in [-0.15, -0.1) is 10.2 Å². The molecule has 0 bridgehead atoms. The van der Waals surface area contributed by atoms with Crippen molar-refractivity contribution >= 4 is 43.9 Å². The maximum Gasteiger partial charge on any atom is 0.289 e. The Labute approximate surface area is 216 Å². The Morgan fingerprint density at radius 2 is 1.79 bits per heavy atom. The standard InChI is InChI=1S/C24H21N5O8S/c1-36-15-11-12-18(20(13-15)37-2)28(38(34,35)21-10-6-5-9-19(21)29(32)33)14-22(30)26-27-23-16-7-3-4-8-17(16)25-24(23)31/h3-13,25,31H,14H2,1-2H3. The van der Waals surface area contributed by atoms with E-state index in [1.165, 1.54) is 44.6 Å². The molecule has 0 atom stereocenters. The van der Waals surface area contributed by atoms with Crippen LogP contribution in [0.1, 0.15) is 0 Å². The zero-order chi connectivity index (χ0) is 27.4. The zero-order valence-corrected chi connectivity index (χ0v) is 20.9. The lowest BCUT2D eigenvalue weighted by Crippen LogP contribution is -2.36. The van der Waals surface area contributed by atoms with E-state index in [0.29, 0.717) is 21.0 Å². The molecule has 0 aliphatic carbocycles. The Bertz CT molecular complexity index is 1670. The van der Waals surface area contributed by atoms with Gasteiger partial charge in [-0.3, -0.25) is 19.2 Å². The number of carbonyl (C=O) groups excluding carboxylic acids is 1. The minimum Gasteiger partial charge on any atom is -0.497 e. The van der Waals surface area contributed by atoms with E-state index in [0.717, 1.165) is 12.1 Å². The molecule has 0 spiro atoms. The monoisotopic (exact) mass is 539 g/mol. The minimum atomic E-state index is -4.70. The van der Waals surface area contributed by atoms with Gasteiger partial charge in [-0.25, -0.2) is 8.42 Å². The van der Waals surface area contributed by atoms with Crippen molar-refractivity contribution in [1.29, 1.82) is 0 Å². The summed E-state index contributed by atoms with van der Waals surface area (Å²) in [7, 11) is -2.01. The van der Waals surface area contributed by atoms with Gasteiger partial charge in [0.15, 0.2) is 10.6 Å². The number of aromatic nitrogens is 1. The first-order valence-electron chi connectivity index (χ1n) is 10.9. The number of aromatic hydroxyl groups is 1. The van der Waals surface area contributed by atoms with Gasteiger partial charge in [0.2, 0.25) is 5.88 Å². The van der Waals surface area contributed by atoms with Crippen molar-refractivity contribution in [2.45, 2.75) is 4.90 Å². The van der Waals surface area contributed by atoms with Crippen LogP contribution in [0.15, 0.2) is 81.9 Å². The quantitative estimate of drug-likeness (QED) is 0.180.